The molecule has 19 heavy (non-hydrogen) atoms. The molecule has 1 amide bonds. The second-order valence-electron chi connectivity index (χ2n) is 6.51. The Balaban J connectivity index is 2.05. The summed E-state index contributed by atoms with van der Waals surface area (Å²) < 4.78 is 10.7. The van der Waals surface area contributed by atoms with Crippen molar-refractivity contribution in [2.45, 2.75) is 32.8 Å². The first-order valence-electron chi connectivity index (χ1n) is 6.49. The Morgan fingerprint density at radius 3 is 2.74 bits per heavy atom. The average Bonchev–Trinajstić information content (AvgIpc) is 2.69. The summed E-state index contributed by atoms with van der Waals surface area (Å²) in [5.41, 5.74) is -0.978. The molecule has 0 unspecified atom stereocenters. The van der Waals surface area contributed by atoms with Crippen molar-refractivity contribution in [3.8, 4) is 0 Å². The minimum Gasteiger partial charge on any atom is -0.481 e. The fourth-order valence-corrected chi connectivity index (χ4v) is 2.85. The number of rotatable bonds is 2. The topological polar surface area (TPSA) is 76.1 Å². The number of aliphatic carboxylic acids is 1. The highest BCUT2D eigenvalue weighted by Gasteiger charge is 2.53. The molecular weight excluding hydrogens is 250 g/mol. The lowest BCUT2D eigenvalue weighted by atomic mass is 9.78. The summed E-state index contributed by atoms with van der Waals surface area (Å²) in [7, 11) is 0. The lowest BCUT2D eigenvalue weighted by molar-refractivity contribution is -0.140. The van der Waals surface area contributed by atoms with E-state index in [2.05, 4.69) is 0 Å². The first kappa shape index (κ1) is 14.1. The van der Waals surface area contributed by atoms with Gasteiger partial charge in [-0.2, -0.15) is 0 Å². The molecule has 6 nitrogen and oxygen atoms in total. The molecule has 0 aromatic rings. The van der Waals surface area contributed by atoms with Gasteiger partial charge in [-0.1, -0.05) is 0 Å². The molecule has 0 aromatic heterocycles. The second kappa shape index (κ2) is 4.67. The molecule has 0 radical (unpaired) electrons. The quantitative estimate of drug-likeness (QED) is 0.820. The highest BCUT2D eigenvalue weighted by Crippen LogP contribution is 2.44. The molecule has 0 aliphatic carbocycles. The van der Waals surface area contributed by atoms with Gasteiger partial charge in [0.2, 0.25) is 0 Å². The summed E-state index contributed by atoms with van der Waals surface area (Å²) in [5, 5.41) is 9.04. The summed E-state index contributed by atoms with van der Waals surface area (Å²) in [6.07, 6.45) is -0.330. The van der Waals surface area contributed by atoms with E-state index in [4.69, 9.17) is 14.6 Å². The number of hydrogen-bond acceptors (Lipinski definition) is 4. The van der Waals surface area contributed by atoms with Crippen molar-refractivity contribution >= 4 is 12.1 Å². The summed E-state index contributed by atoms with van der Waals surface area (Å²) in [5.74, 6) is -0.752. The standard InChI is InChI=1S/C13H21NO5/c1-12(2,3)19-11(17)14-5-9-6-18-8-13(9,7-14)4-10(15)16/h9H,4-8H2,1-3H3,(H,15,16)/t9-,13-/m0/s1. The number of fused-ring (bicyclic) bond motifs is 1. The normalized spacial score (nSPS) is 30.3. The predicted molar refractivity (Wildman–Crippen MR) is 66.8 cm³/mol. The van der Waals surface area contributed by atoms with Crippen LogP contribution in [0.2, 0.25) is 0 Å². The zero-order chi connectivity index (χ0) is 14.3. The smallest absolute Gasteiger partial charge is 0.410 e. The van der Waals surface area contributed by atoms with E-state index in [9.17, 15) is 9.59 Å². The third-order valence-electron chi connectivity index (χ3n) is 3.68. The minimum absolute atomic E-state index is 0.0387. The van der Waals surface area contributed by atoms with Crippen molar-refractivity contribution in [2.24, 2.45) is 11.3 Å². The molecule has 2 rings (SSSR count). The number of carbonyl (C=O) groups excluding carboxylic acids is 1. The van der Waals surface area contributed by atoms with Gasteiger partial charge in [-0.3, -0.25) is 4.79 Å². The molecule has 2 aliphatic heterocycles. The maximum absolute atomic E-state index is 12.0. The molecule has 2 heterocycles. The van der Waals surface area contributed by atoms with E-state index >= 15 is 0 Å². The van der Waals surface area contributed by atoms with E-state index in [0.29, 0.717) is 26.3 Å². The Hall–Kier alpha value is -1.30. The summed E-state index contributed by atoms with van der Waals surface area (Å²) in [4.78, 5) is 24.7. The molecule has 108 valence electrons. The highest BCUT2D eigenvalue weighted by molar-refractivity contribution is 5.71. The van der Waals surface area contributed by atoms with Crippen LogP contribution in [-0.2, 0) is 14.3 Å². The van der Waals surface area contributed by atoms with Crippen molar-refractivity contribution in [2.75, 3.05) is 26.3 Å². The van der Waals surface area contributed by atoms with Gasteiger partial charge in [0, 0.05) is 24.4 Å². The van der Waals surface area contributed by atoms with Crippen molar-refractivity contribution in [1.82, 2.24) is 4.90 Å². The fraction of sp³-hybridized carbons (Fsp3) is 0.846. The van der Waals surface area contributed by atoms with Crippen LogP contribution in [0.1, 0.15) is 27.2 Å². The van der Waals surface area contributed by atoms with E-state index in [1.54, 1.807) is 4.90 Å². The Bertz CT molecular complexity index is 389. The molecule has 2 fully saturated rings. The molecule has 2 atom stereocenters. The highest BCUT2D eigenvalue weighted by atomic mass is 16.6. The van der Waals surface area contributed by atoms with Gasteiger partial charge in [-0.25, -0.2) is 4.79 Å². The SMILES string of the molecule is CC(C)(C)OC(=O)N1C[C@H]2COC[C@]2(CC(=O)O)C1. The summed E-state index contributed by atoms with van der Waals surface area (Å²) >= 11 is 0. The largest absolute Gasteiger partial charge is 0.481 e. The van der Waals surface area contributed by atoms with Crippen LogP contribution < -0.4 is 0 Å². The van der Waals surface area contributed by atoms with Gasteiger partial charge < -0.3 is 19.5 Å². The monoisotopic (exact) mass is 271 g/mol. The van der Waals surface area contributed by atoms with Crippen LogP contribution in [0.5, 0.6) is 0 Å². The van der Waals surface area contributed by atoms with E-state index in [-0.39, 0.29) is 18.4 Å². The van der Waals surface area contributed by atoms with Gasteiger partial charge in [-0.15, -0.1) is 0 Å². The van der Waals surface area contributed by atoms with Gasteiger partial charge in [0.05, 0.1) is 19.6 Å². The van der Waals surface area contributed by atoms with E-state index < -0.39 is 17.0 Å². The zero-order valence-corrected chi connectivity index (χ0v) is 11.6. The number of carboxylic acids is 1. The molecule has 0 aromatic carbocycles. The van der Waals surface area contributed by atoms with Crippen LogP contribution in [0.3, 0.4) is 0 Å². The van der Waals surface area contributed by atoms with Crippen LogP contribution in [0.25, 0.3) is 0 Å². The van der Waals surface area contributed by atoms with Crippen molar-refractivity contribution in [3.63, 3.8) is 0 Å². The van der Waals surface area contributed by atoms with Gasteiger partial charge in [0.1, 0.15) is 5.60 Å². The molecule has 0 bridgehead atoms. The third-order valence-corrected chi connectivity index (χ3v) is 3.68. The zero-order valence-electron chi connectivity index (χ0n) is 11.6. The molecule has 0 spiro atoms. The van der Waals surface area contributed by atoms with E-state index in [1.807, 2.05) is 20.8 Å². The predicted octanol–water partition coefficient (Wildman–Crippen LogP) is 1.34. The van der Waals surface area contributed by atoms with E-state index in [1.165, 1.54) is 0 Å². The summed E-state index contributed by atoms with van der Waals surface area (Å²) in [6, 6.07) is 0. The van der Waals surface area contributed by atoms with Crippen LogP contribution in [0, 0.1) is 11.3 Å². The molecule has 1 N–H and O–H groups in total. The number of carbonyl (C=O) groups is 2. The van der Waals surface area contributed by atoms with Crippen LogP contribution in [-0.4, -0.2) is 54.0 Å². The number of carboxylic acid groups (broad SMARTS) is 1. The van der Waals surface area contributed by atoms with Crippen LogP contribution in [0.4, 0.5) is 4.79 Å². The average molecular weight is 271 g/mol. The van der Waals surface area contributed by atoms with Crippen LogP contribution in [0.15, 0.2) is 0 Å². The van der Waals surface area contributed by atoms with Gasteiger partial charge >= 0.3 is 12.1 Å². The molecule has 2 aliphatic rings. The number of ether oxygens (including phenoxy) is 2. The Morgan fingerprint density at radius 2 is 2.16 bits per heavy atom. The Kier molecular flexibility index (Phi) is 3.47. The third kappa shape index (κ3) is 3.00. The lowest BCUT2D eigenvalue weighted by Crippen LogP contribution is -2.38. The van der Waals surface area contributed by atoms with E-state index in [0.717, 1.165) is 0 Å². The summed E-state index contributed by atoms with van der Waals surface area (Å²) in [6.45, 7) is 7.30. The number of amides is 1. The molecule has 6 heteroatoms. The maximum Gasteiger partial charge on any atom is 0.410 e. The Morgan fingerprint density at radius 1 is 1.47 bits per heavy atom. The fourth-order valence-electron chi connectivity index (χ4n) is 2.85. The first-order valence-corrected chi connectivity index (χ1v) is 6.49. The minimum atomic E-state index is -0.846. The van der Waals surface area contributed by atoms with Gasteiger partial charge in [0.15, 0.2) is 0 Å². The second-order valence-corrected chi connectivity index (χ2v) is 6.51. The maximum atomic E-state index is 12.0. The first-order chi connectivity index (χ1) is 8.72. The Labute approximate surface area is 112 Å². The van der Waals surface area contributed by atoms with Crippen molar-refractivity contribution in [3.05, 3.63) is 0 Å². The van der Waals surface area contributed by atoms with Crippen molar-refractivity contribution < 1.29 is 24.2 Å². The molecule has 0 saturated carbocycles. The lowest BCUT2D eigenvalue weighted by Gasteiger charge is -2.27. The van der Waals surface area contributed by atoms with Crippen molar-refractivity contribution in [1.29, 1.82) is 0 Å². The molecule has 2 saturated heterocycles. The van der Waals surface area contributed by atoms with Gasteiger partial charge in [0.25, 0.3) is 0 Å². The number of nitrogens with zero attached hydrogens (tertiary/aromatic N) is 1. The van der Waals surface area contributed by atoms with Crippen LogP contribution >= 0.6 is 0 Å². The number of likely N-dealkylation sites (tertiary alicyclic amines) is 1. The van der Waals surface area contributed by atoms with Gasteiger partial charge in [-0.05, 0) is 20.8 Å². The molecular formula is C13H21NO5. The number of hydrogen-bond donors (Lipinski definition) is 1.